The molecule has 0 saturated carbocycles. The van der Waals surface area contributed by atoms with Gasteiger partial charge in [0.15, 0.2) is 0 Å². The van der Waals surface area contributed by atoms with Crippen LogP contribution < -0.4 is 9.64 Å². The number of fused-ring (bicyclic) bond motifs is 1. The number of benzene rings is 2. The van der Waals surface area contributed by atoms with Gasteiger partial charge in [-0.3, -0.25) is 19.5 Å². The Labute approximate surface area is 195 Å². The van der Waals surface area contributed by atoms with E-state index in [1.807, 2.05) is 31.2 Å². The number of carbonyl (C=O) groups is 2. The lowest BCUT2D eigenvalue weighted by Crippen LogP contribution is -2.30. The van der Waals surface area contributed by atoms with E-state index in [2.05, 4.69) is 15.0 Å². The Morgan fingerprint density at radius 3 is 2.68 bits per heavy atom. The van der Waals surface area contributed by atoms with Gasteiger partial charge in [-0.2, -0.15) is 0 Å². The SMILES string of the molecule is CCCOc1cccc(/C(O)=C2\C(=O)C(=O)N(c3nc4ccccc4[nH]3)C2c2ccccn2)c1. The fraction of sp³-hybridized carbons (Fsp3) is 0.154. The number of nitrogens with one attached hydrogen (secondary N) is 1. The summed E-state index contributed by atoms with van der Waals surface area (Å²) in [5.74, 6) is -1.14. The summed E-state index contributed by atoms with van der Waals surface area (Å²) in [5, 5.41) is 11.3. The molecule has 1 saturated heterocycles. The molecule has 5 rings (SSSR count). The average Bonchev–Trinajstić information content (AvgIpc) is 3.41. The summed E-state index contributed by atoms with van der Waals surface area (Å²) in [5.41, 5.74) is 2.12. The highest BCUT2D eigenvalue weighted by atomic mass is 16.5. The van der Waals surface area contributed by atoms with Gasteiger partial charge in [-0.25, -0.2) is 4.98 Å². The fourth-order valence-electron chi connectivity index (χ4n) is 4.03. The second-order valence-electron chi connectivity index (χ2n) is 7.88. The van der Waals surface area contributed by atoms with Gasteiger partial charge in [0, 0.05) is 11.8 Å². The van der Waals surface area contributed by atoms with E-state index >= 15 is 0 Å². The van der Waals surface area contributed by atoms with Crippen LogP contribution in [0, 0.1) is 0 Å². The van der Waals surface area contributed by atoms with Crippen LogP contribution in [0.3, 0.4) is 0 Å². The molecule has 170 valence electrons. The highest BCUT2D eigenvalue weighted by Gasteiger charge is 2.48. The molecular formula is C26H22N4O4. The number of H-pyrrole nitrogens is 1. The summed E-state index contributed by atoms with van der Waals surface area (Å²) in [6, 6.07) is 18.4. The Morgan fingerprint density at radius 1 is 1.09 bits per heavy atom. The number of rotatable bonds is 6. The van der Waals surface area contributed by atoms with E-state index in [1.165, 1.54) is 4.90 Å². The van der Waals surface area contributed by atoms with Gasteiger partial charge in [0.1, 0.15) is 17.6 Å². The molecule has 1 aliphatic heterocycles. The normalized spacial score (nSPS) is 17.4. The first-order chi connectivity index (χ1) is 16.6. The van der Waals surface area contributed by atoms with Crippen LogP contribution in [0.1, 0.15) is 30.6 Å². The van der Waals surface area contributed by atoms with Crippen LogP contribution in [0.25, 0.3) is 16.8 Å². The third-order valence-corrected chi connectivity index (χ3v) is 5.60. The molecular weight excluding hydrogens is 432 g/mol. The third kappa shape index (κ3) is 3.69. The molecule has 34 heavy (non-hydrogen) atoms. The van der Waals surface area contributed by atoms with Crippen LogP contribution in [0.2, 0.25) is 0 Å². The van der Waals surface area contributed by atoms with Gasteiger partial charge in [-0.15, -0.1) is 0 Å². The van der Waals surface area contributed by atoms with Crippen molar-refractivity contribution in [1.29, 1.82) is 0 Å². The van der Waals surface area contributed by atoms with E-state index in [0.717, 1.165) is 11.9 Å². The smallest absolute Gasteiger partial charge is 0.302 e. The van der Waals surface area contributed by atoms with Gasteiger partial charge >= 0.3 is 5.91 Å². The number of anilines is 1. The maximum Gasteiger partial charge on any atom is 0.302 e. The number of amides is 1. The molecule has 2 N–H and O–H groups in total. The number of para-hydroxylation sites is 2. The van der Waals surface area contributed by atoms with Gasteiger partial charge in [0.05, 0.1) is 28.9 Å². The van der Waals surface area contributed by atoms with Crippen molar-refractivity contribution in [1.82, 2.24) is 15.0 Å². The number of aliphatic hydroxyl groups is 1. The maximum absolute atomic E-state index is 13.2. The lowest BCUT2D eigenvalue weighted by Gasteiger charge is -2.22. The number of carbonyl (C=O) groups excluding carboxylic acids is 2. The zero-order valence-electron chi connectivity index (χ0n) is 18.4. The molecule has 8 nitrogen and oxygen atoms in total. The summed E-state index contributed by atoms with van der Waals surface area (Å²) in [6.45, 7) is 2.52. The number of pyridine rings is 1. The van der Waals surface area contributed by atoms with Crippen molar-refractivity contribution in [2.45, 2.75) is 19.4 Å². The Morgan fingerprint density at radius 2 is 1.91 bits per heavy atom. The maximum atomic E-state index is 13.2. The monoisotopic (exact) mass is 454 g/mol. The summed E-state index contributed by atoms with van der Waals surface area (Å²) in [7, 11) is 0. The molecule has 0 radical (unpaired) electrons. The third-order valence-electron chi connectivity index (χ3n) is 5.60. The van der Waals surface area contributed by atoms with Crippen molar-refractivity contribution in [3.8, 4) is 5.75 Å². The van der Waals surface area contributed by atoms with Crippen LogP contribution in [0.5, 0.6) is 5.75 Å². The molecule has 1 atom stereocenters. The van der Waals surface area contributed by atoms with Crippen molar-refractivity contribution >= 4 is 34.4 Å². The number of hydrogen-bond acceptors (Lipinski definition) is 6. The van der Waals surface area contributed by atoms with E-state index in [9.17, 15) is 14.7 Å². The predicted molar refractivity (Wildman–Crippen MR) is 127 cm³/mol. The highest BCUT2D eigenvalue weighted by molar-refractivity contribution is 6.51. The van der Waals surface area contributed by atoms with Crippen LogP contribution >= 0.6 is 0 Å². The first-order valence-corrected chi connectivity index (χ1v) is 11.0. The number of Topliss-reactive ketones (excluding diaryl/α,β-unsaturated/α-hetero) is 1. The van der Waals surface area contributed by atoms with Crippen LogP contribution in [0.4, 0.5) is 5.95 Å². The molecule has 0 bridgehead atoms. The van der Waals surface area contributed by atoms with Crippen molar-refractivity contribution in [3.63, 3.8) is 0 Å². The largest absolute Gasteiger partial charge is 0.507 e. The standard InChI is InChI=1S/C26H22N4O4/c1-2-14-34-17-9-7-8-16(15-17)23(31)21-22(20-12-5-6-13-27-20)30(25(33)24(21)32)26-28-18-10-3-4-11-19(18)29-26/h3-13,15,22,31H,2,14H2,1H3,(H,28,29)/b23-21+. The van der Waals surface area contributed by atoms with Gasteiger partial charge < -0.3 is 14.8 Å². The number of aromatic nitrogens is 3. The Bertz CT molecular complexity index is 1380. The van der Waals surface area contributed by atoms with Gasteiger partial charge in [0.2, 0.25) is 5.95 Å². The average molecular weight is 454 g/mol. The van der Waals surface area contributed by atoms with Crippen LogP contribution in [-0.4, -0.2) is 38.4 Å². The second-order valence-corrected chi connectivity index (χ2v) is 7.88. The minimum absolute atomic E-state index is 0.0585. The second kappa shape index (κ2) is 8.82. The number of aliphatic hydroxyl groups excluding tert-OH is 1. The quantitative estimate of drug-likeness (QED) is 0.254. The molecule has 2 aromatic carbocycles. The molecule has 1 amide bonds. The zero-order valence-corrected chi connectivity index (χ0v) is 18.4. The first kappa shape index (κ1) is 21.4. The number of hydrogen-bond donors (Lipinski definition) is 2. The van der Waals surface area contributed by atoms with E-state index in [4.69, 9.17) is 4.74 Å². The molecule has 1 fully saturated rings. The summed E-state index contributed by atoms with van der Waals surface area (Å²) >= 11 is 0. The van der Waals surface area contributed by atoms with Gasteiger partial charge in [-0.1, -0.05) is 37.3 Å². The topological polar surface area (TPSA) is 108 Å². The first-order valence-electron chi connectivity index (χ1n) is 11.0. The highest BCUT2D eigenvalue weighted by Crippen LogP contribution is 2.41. The van der Waals surface area contributed by atoms with Crippen molar-refractivity contribution < 1.29 is 19.4 Å². The molecule has 8 heteroatoms. The lowest BCUT2D eigenvalue weighted by atomic mass is 9.98. The Balaban J connectivity index is 1.67. The van der Waals surface area contributed by atoms with Crippen LogP contribution in [-0.2, 0) is 9.59 Å². The Kier molecular flexibility index (Phi) is 5.55. The fourth-order valence-corrected chi connectivity index (χ4v) is 4.03. The summed E-state index contributed by atoms with van der Waals surface area (Å²) < 4.78 is 5.67. The number of aromatic amines is 1. The van der Waals surface area contributed by atoms with Crippen LogP contribution in [0.15, 0.2) is 78.5 Å². The molecule has 4 aromatic rings. The molecule has 3 heterocycles. The molecule has 2 aromatic heterocycles. The molecule has 1 aliphatic rings. The summed E-state index contributed by atoms with van der Waals surface area (Å²) in [6.07, 6.45) is 2.41. The minimum Gasteiger partial charge on any atom is -0.507 e. The predicted octanol–water partition coefficient (Wildman–Crippen LogP) is 4.37. The van der Waals surface area contributed by atoms with E-state index in [0.29, 0.717) is 29.1 Å². The zero-order chi connectivity index (χ0) is 23.7. The summed E-state index contributed by atoms with van der Waals surface area (Å²) in [4.78, 5) is 39.8. The lowest BCUT2D eigenvalue weighted by molar-refractivity contribution is -0.132. The molecule has 1 unspecified atom stereocenters. The number of nitrogens with zero attached hydrogens (tertiary/aromatic N) is 3. The van der Waals surface area contributed by atoms with E-state index < -0.39 is 17.7 Å². The Hall–Kier alpha value is -4.46. The molecule has 0 aliphatic carbocycles. The van der Waals surface area contributed by atoms with E-state index in [-0.39, 0.29) is 17.3 Å². The number of ether oxygens (including phenoxy) is 1. The number of imidazole rings is 1. The minimum atomic E-state index is -0.957. The molecule has 0 spiro atoms. The van der Waals surface area contributed by atoms with Crippen molar-refractivity contribution in [2.24, 2.45) is 0 Å². The number of ketones is 1. The van der Waals surface area contributed by atoms with Crippen molar-refractivity contribution in [2.75, 3.05) is 11.5 Å². The van der Waals surface area contributed by atoms with Crippen molar-refractivity contribution in [3.05, 3.63) is 89.8 Å². The van der Waals surface area contributed by atoms with E-state index in [1.54, 1.807) is 48.7 Å². The van der Waals surface area contributed by atoms with Gasteiger partial charge in [0.25, 0.3) is 5.78 Å². The van der Waals surface area contributed by atoms with Gasteiger partial charge in [-0.05, 0) is 42.8 Å².